The van der Waals surface area contributed by atoms with E-state index in [1.165, 1.54) is 6.92 Å². The van der Waals surface area contributed by atoms with Crippen molar-refractivity contribution < 1.29 is 18.0 Å². The van der Waals surface area contributed by atoms with Gasteiger partial charge in [0.25, 0.3) is 0 Å². The smallest absolute Gasteiger partial charge is 0.353 e. The lowest BCUT2D eigenvalue weighted by Gasteiger charge is -2.35. The second kappa shape index (κ2) is 6.97. The van der Waals surface area contributed by atoms with Gasteiger partial charge < -0.3 is 9.80 Å². The van der Waals surface area contributed by atoms with E-state index in [1.54, 1.807) is 18.0 Å². The molecule has 140 valence electrons. The van der Waals surface area contributed by atoms with Gasteiger partial charge in [-0.1, -0.05) is 6.07 Å². The summed E-state index contributed by atoms with van der Waals surface area (Å²) < 4.78 is 40.0. The molecular weight excluding hydrogens is 347 g/mol. The van der Waals surface area contributed by atoms with Gasteiger partial charge >= 0.3 is 6.18 Å². The van der Waals surface area contributed by atoms with Crippen LogP contribution in [0, 0.1) is 13.8 Å². The van der Waals surface area contributed by atoms with Crippen LogP contribution < -0.4 is 4.90 Å². The number of pyridine rings is 1. The molecule has 6 nitrogen and oxygen atoms in total. The van der Waals surface area contributed by atoms with Crippen LogP contribution in [0.1, 0.15) is 17.0 Å². The lowest BCUT2D eigenvalue weighted by molar-refractivity contribution is -0.142. The summed E-state index contributed by atoms with van der Waals surface area (Å²) in [7, 11) is 0. The fourth-order valence-electron chi connectivity index (χ4n) is 3.01. The molecule has 0 unspecified atom stereocenters. The van der Waals surface area contributed by atoms with Crippen LogP contribution in [0.2, 0.25) is 0 Å². The molecule has 0 aromatic carbocycles. The minimum absolute atomic E-state index is 0.0604. The highest BCUT2D eigenvalue weighted by Crippen LogP contribution is 2.31. The Labute approximate surface area is 149 Å². The first-order valence-electron chi connectivity index (χ1n) is 8.32. The van der Waals surface area contributed by atoms with Crippen molar-refractivity contribution in [3.8, 4) is 0 Å². The van der Waals surface area contributed by atoms with Crippen molar-refractivity contribution in [3.05, 3.63) is 41.3 Å². The number of hydrogen-bond donors (Lipinski definition) is 0. The van der Waals surface area contributed by atoms with Gasteiger partial charge in [0.05, 0.1) is 0 Å². The number of hydrogen-bond acceptors (Lipinski definition) is 4. The van der Waals surface area contributed by atoms with Crippen molar-refractivity contribution in [2.24, 2.45) is 0 Å². The molecule has 2 aromatic heterocycles. The molecule has 3 heterocycles. The highest BCUT2D eigenvalue weighted by Gasteiger charge is 2.37. The molecule has 0 aliphatic carbocycles. The van der Waals surface area contributed by atoms with E-state index in [4.69, 9.17) is 0 Å². The molecular formula is C17H20F3N5O. The molecule has 1 aliphatic heterocycles. The van der Waals surface area contributed by atoms with E-state index in [9.17, 15) is 18.0 Å². The lowest BCUT2D eigenvalue weighted by atomic mass is 10.2. The SMILES string of the molecule is Cc1c(C(F)(F)F)nn(CC(=O)N2CCN(c3ccccn3)CC2)c1C. The zero-order valence-electron chi connectivity index (χ0n) is 14.6. The van der Waals surface area contributed by atoms with Crippen LogP contribution in [0.25, 0.3) is 0 Å². The van der Waals surface area contributed by atoms with E-state index >= 15 is 0 Å². The number of amides is 1. The van der Waals surface area contributed by atoms with E-state index in [0.717, 1.165) is 10.5 Å². The van der Waals surface area contributed by atoms with E-state index in [1.807, 2.05) is 18.2 Å². The number of nitrogens with zero attached hydrogens (tertiary/aromatic N) is 5. The molecule has 1 aliphatic rings. The Morgan fingerprint density at radius 2 is 1.85 bits per heavy atom. The first-order chi connectivity index (χ1) is 12.3. The van der Waals surface area contributed by atoms with Crippen LogP contribution >= 0.6 is 0 Å². The largest absolute Gasteiger partial charge is 0.435 e. The summed E-state index contributed by atoms with van der Waals surface area (Å²) in [5.41, 5.74) is -0.508. The third-order valence-electron chi connectivity index (χ3n) is 4.66. The number of aromatic nitrogens is 3. The van der Waals surface area contributed by atoms with Crippen molar-refractivity contribution in [2.45, 2.75) is 26.6 Å². The number of halogens is 3. The van der Waals surface area contributed by atoms with Gasteiger partial charge in [0.1, 0.15) is 12.4 Å². The van der Waals surface area contributed by atoms with E-state index in [2.05, 4.69) is 15.0 Å². The number of alkyl halides is 3. The predicted octanol–water partition coefficient (Wildman–Crippen LogP) is 2.26. The molecule has 1 saturated heterocycles. The second-order valence-electron chi connectivity index (χ2n) is 6.27. The first kappa shape index (κ1) is 18.2. The second-order valence-corrected chi connectivity index (χ2v) is 6.27. The van der Waals surface area contributed by atoms with Crippen molar-refractivity contribution in [2.75, 3.05) is 31.1 Å². The average Bonchev–Trinajstić information content (AvgIpc) is 2.91. The zero-order chi connectivity index (χ0) is 18.9. The summed E-state index contributed by atoms with van der Waals surface area (Å²) in [4.78, 5) is 20.5. The average molecular weight is 367 g/mol. The molecule has 0 radical (unpaired) electrons. The van der Waals surface area contributed by atoms with Crippen LogP contribution in [0.4, 0.5) is 19.0 Å². The van der Waals surface area contributed by atoms with Crippen LogP contribution in [-0.4, -0.2) is 51.8 Å². The van der Waals surface area contributed by atoms with Gasteiger partial charge in [-0.05, 0) is 26.0 Å². The molecule has 0 atom stereocenters. The molecule has 1 fully saturated rings. The number of rotatable bonds is 3. The van der Waals surface area contributed by atoms with Crippen molar-refractivity contribution in [1.29, 1.82) is 0 Å². The Balaban J connectivity index is 1.63. The Morgan fingerprint density at radius 3 is 2.38 bits per heavy atom. The lowest BCUT2D eigenvalue weighted by Crippen LogP contribution is -2.50. The molecule has 0 bridgehead atoms. The van der Waals surface area contributed by atoms with Crippen LogP contribution in [0.3, 0.4) is 0 Å². The predicted molar refractivity (Wildman–Crippen MR) is 89.7 cm³/mol. The van der Waals surface area contributed by atoms with Crippen molar-refractivity contribution in [3.63, 3.8) is 0 Å². The molecule has 9 heteroatoms. The molecule has 0 saturated carbocycles. The summed E-state index contributed by atoms with van der Waals surface area (Å²) in [6.07, 6.45) is -2.80. The fourth-order valence-corrected chi connectivity index (χ4v) is 3.01. The van der Waals surface area contributed by atoms with Crippen LogP contribution in [0.15, 0.2) is 24.4 Å². The molecule has 1 amide bonds. The zero-order valence-corrected chi connectivity index (χ0v) is 14.6. The maximum Gasteiger partial charge on any atom is 0.435 e. The van der Waals surface area contributed by atoms with Gasteiger partial charge in [-0.3, -0.25) is 9.48 Å². The van der Waals surface area contributed by atoms with Crippen molar-refractivity contribution >= 4 is 11.7 Å². The van der Waals surface area contributed by atoms with Gasteiger partial charge in [-0.25, -0.2) is 4.98 Å². The van der Waals surface area contributed by atoms with Gasteiger partial charge in [0.15, 0.2) is 5.69 Å². The Bertz CT molecular complexity index is 780. The molecule has 2 aromatic rings. The monoisotopic (exact) mass is 367 g/mol. The number of piperazine rings is 1. The standard InChI is InChI=1S/C17H20F3N5O/c1-12-13(2)25(22-16(12)17(18,19)20)11-15(26)24-9-7-23(8-10-24)14-5-3-4-6-21-14/h3-6H,7-11H2,1-2H3. The minimum atomic E-state index is -4.52. The summed E-state index contributed by atoms with van der Waals surface area (Å²) in [5.74, 6) is 0.623. The fraction of sp³-hybridized carbons (Fsp3) is 0.471. The van der Waals surface area contributed by atoms with Crippen molar-refractivity contribution in [1.82, 2.24) is 19.7 Å². The summed E-state index contributed by atoms with van der Waals surface area (Å²) in [6.45, 7) is 5.00. The molecule has 26 heavy (non-hydrogen) atoms. The van der Waals surface area contributed by atoms with E-state index < -0.39 is 11.9 Å². The summed E-state index contributed by atoms with van der Waals surface area (Å²) >= 11 is 0. The van der Waals surface area contributed by atoms with Gasteiger partial charge in [0.2, 0.25) is 5.91 Å². The molecule has 3 rings (SSSR count). The molecule has 0 spiro atoms. The van der Waals surface area contributed by atoms with Gasteiger partial charge in [-0.15, -0.1) is 0 Å². The highest BCUT2D eigenvalue weighted by atomic mass is 19.4. The first-order valence-corrected chi connectivity index (χ1v) is 8.32. The third-order valence-corrected chi connectivity index (χ3v) is 4.66. The normalized spacial score (nSPS) is 15.4. The minimum Gasteiger partial charge on any atom is -0.353 e. The maximum absolute atomic E-state index is 13.0. The number of carbonyl (C=O) groups excluding carboxylic acids is 1. The Kier molecular flexibility index (Phi) is 4.88. The summed E-state index contributed by atoms with van der Waals surface area (Å²) in [5, 5.41) is 3.60. The number of anilines is 1. The summed E-state index contributed by atoms with van der Waals surface area (Å²) in [6, 6.07) is 5.65. The van der Waals surface area contributed by atoms with Crippen LogP contribution in [0.5, 0.6) is 0 Å². The van der Waals surface area contributed by atoms with E-state index in [-0.39, 0.29) is 18.0 Å². The maximum atomic E-state index is 13.0. The van der Waals surface area contributed by atoms with E-state index in [0.29, 0.717) is 31.9 Å². The van der Waals surface area contributed by atoms with Gasteiger partial charge in [0, 0.05) is 43.6 Å². The quantitative estimate of drug-likeness (QED) is 0.835. The number of carbonyl (C=O) groups is 1. The van der Waals surface area contributed by atoms with Crippen LogP contribution in [-0.2, 0) is 17.5 Å². The Morgan fingerprint density at radius 1 is 1.15 bits per heavy atom. The Hall–Kier alpha value is -2.58. The highest BCUT2D eigenvalue weighted by molar-refractivity contribution is 5.76. The third kappa shape index (κ3) is 3.66. The topological polar surface area (TPSA) is 54.3 Å². The molecule has 0 N–H and O–H groups in total. The van der Waals surface area contributed by atoms with Gasteiger partial charge in [-0.2, -0.15) is 18.3 Å².